The highest BCUT2D eigenvalue weighted by Gasteiger charge is 2.73. The summed E-state index contributed by atoms with van der Waals surface area (Å²) in [6.45, 7) is 3.07. The zero-order valence-electron chi connectivity index (χ0n) is 14.9. The number of carbonyl (C=O) groups is 2. The van der Waals surface area contributed by atoms with Gasteiger partial charge in [-0.1, -0.05) is 26.2 Å². The van der Waals surface area contributed by atoms with Crippen LogP contribution in [0.4, 0.5) is 0 Å². The van der Waals surface area contributed by atoms with E-state index < -0.39 is 23.4 Å². The highest BCUT2D eigenvalue weighted by molar-refractivity contribution is 6.35. The number of rotatable bonds is 1. The first-order valence-corrected chi connectivity index (χ1v) is 10.0. The standard InChI is InChI=1S/C20H28O5/c1-19(12-6-2-3-7-12)16-14(21)18(23)25-10-20(16)8-4-5-11-9-24-15(13(11)20)17(19)22/h11-13,15-17,22H,2-10H2,1H3/t11-,13+,15+,16-,17+,19-,20+/m0/s1. The molecule has 0 bridgehead atoms. The number of cyclic esters (lactones) is 1. The second-order valence-corrected chi connectivity index (χ2v) is 9.37. The first kappa shape index (κ1) is 16.2. The summed E-state index contributed by atoms with van der Waals surface area (Å²) in [4.78, 5) is 25.4. The van der Waals surface area contributed by atoms with Crippen LogP contribution in [-0.2, 0) is 19.1 Å². The third-order valence-corrected chi connectivity index (χ3v) is 8.56. The molecule has 3 saturated carbocycles. The molecule has 2 saturated heterocycles. The number of aliphatic hydroxyl groups excluding tert-OH is 1. The predicted molar refractivity (Wildman–Crippen MR) is 88.5 cm³/mol. The Labute approximate surface area is 148 Å². The molecule has 0 aromatic heterocycles. The lowest BCUT2D eigenvalue weighted by atomic mass is 9.41. The summed E-state index contributed by atoms with van der Waals surface area (Å²) >= 11 is 0. The largest absolute Gasteiger partial charge is 0.459 e. The summed E-state index contributed by atoms with van der Waals surface area (Å²) in [5.41, 5.74) is -0.911. The van der Waals surface area contributed by atoms with E-state index in [-0.39, 0.29) is 29.1 Å². The molecule has 0 radical (unpaired) electrons. The van der Waals surface area contributed by atoms with Crippen LogP contribution in [0.25, 0.3) is 0 Å². The van der Waals surface area contributed by atoms with E-state index in [0.29, 0.717) is 19.1 Å². The Hall–Kier alpha value is -0.940. The van der Waals surface area contributed by atoms with Crippen LogP contribution < -0.4 is 0 Å². The molecule has 5 rings (SSSR count). The summed E-state index contributed by atoms with van der Waals surface area (Å²) in [7, 11) is 0. The van der Waals surface area contributed by atoms with E-state index in [9.17, 15) is 14.7 Å². The number of ketones is 1. The van der Waals surface area contributed by atoms with Crippen LogP contribution >= 0.6 is 0 Å². The van der Waals surface area contributed by atoms with E-state index in [1.54, 1.807) is 0 Å². The van der Waals surface area contributed by atoms with Gasteiger partial charge in [0.2, 0.25) is 5.78 Å². The fourth-order valence-corrected chi connectivity index (χ4v) is 7.61. The number of ether oxygens (including phenoxy) is 2. The maximum atomic E-state index is 13.1. The molecule has 5 aliphatic rings. The van der Waals surface area contributed by atoms with Crippen LogP contribution in [-0.4, -0.2) is 42.3 Å². The van der Waals surface area contributed by atoms with Gasteiger partial charge in [-0.15, -0.1) is 0 Å². The molecule has 2 aliphatic heterocycles. The smallest absolute Gasteiger partial charge is 0.374 e. The van der Waals surface area contributed by atoms with E-state index in [1.807, 2.05) is 0 Å². The van der Waals surface area contributed by atoms with E-state index in [1.165, 1.54) is 0 Å². The van der Waals surface area contributed by atoms with Gasteiger partial charge in [-0.3, -0.25) is 4.79 Å². The topological polar surface area (TPSA) is 72.8 Å². The zero-order valence-corrected chi connectivity index (χ0v) is 14.9. The van der Waals surface area contributed by atoms with Gasteiger partial charge in [0, 0.05) is 22.7 Å². The number of carbonyl (C=O) groups excluding carboxylic acids is 2. The van der Waals surface area contributed by atoms with Crippen LogP contribution in [0.15, 0.2) is 0 Å². The zero-order chi connectivity index (χ0) is 17.4. The molecule has 1 N–H and O–H groups in total. The van der Waals surface area contributed by atoms with Crippen molar-refractivity contribution in [3.63, 3.8) is 0 Å². The fourth-order valence-electron chi connectivity index (χ4n) is 7.61. The maximum Gasteiger partial charge on any atom is 0.374 e. The van der Waals surface area contributed by atoms with Gasteiger partial charge in [0.1, 0.15) is 0 Å². The van der Waals surface area contributed by atoms with Gasteiger partial charge >= 0.3 is 5.97 Å². The molecule has 138 valence electrons. The SMILES string of the molecule is C[C@@]1(C2CCCC2)[C@H](O)[C@@H]2OC[C@@H]3CCC[C@@]4(COC(=O)C(=O)[C@H]41)[C@H]32. The van der Waals surface area contributed by atoms with Gasteiger partial charge in [0.05, 0.1) is 25.4 Å². The predicted octanol–water partition coefficient (Wildman–Crippen LogP) is 2.10. The minimum atomic E-state index is -0.688. The number of Topliss-reactive ketones (excluding diaryl/α,β-unsaturated/α-hetero) is 1. The Kier molecular flexibility index (Phi) is 3.44. The van der Waals surface area contributed by atoms with Gasteiger partial charge in [0.25, 0.3) is 0 Å². The van der Waals surface area contributed by atoms with Crippen LogP contribution in [0.1, 0.15) is 51.9 Å². The van der Waals surface area contributed by atoms with Gasteiger partial charge in [0.15, 0.2) is 0 Å². The summed E-state index contributed by atoms with van der Waals surface area (Å²) in [5.74, 6) is -0.673. The van der Waals surface area contributed by atoms with E-state index in [0.717, 1.165) is 44.9 Å². The summed E-state index contributed by atoms with van der Waals surface area (Å²) in [6, 6.07) is 0. The lowest BCUT2D eigenvalue weighted by Crippen LogP contribution is -2.71. The minimum absolute atomic E-state index is 0.146. The summed E-state index contributed by atoms with van der Waals surface area (Å²) < 4.78 is 11.6. The van der Waals surface area contributed by atoms with E-state index in [4.69, 9.17) is 9.47 Å². The maximum absolute atomic E-state index is 13.1. The van der Waals surface area contributed by atoms with Crippen molar-refractivity contribution in [2.75, 3.05) is 13.2 Å². The molecule has 25 heavy (non-hydrogen) atoms. The molecule has 0 amide bonds. The molecule has 2 heterocycles. The Bertz CT molecular complexity index is 611. The van der Waals surface area contributed by atoms with Gasteiger partial charge in [-0.05, 0) is 37.5 Å². The molecule has 5 fully saturated rings. The second-order valence-electron chi connectivity index (χ2n) is 9.37. The van der Waals surface area contributed by atoms with Crippen molar-refractivity contribution in [3.05, 3.63) is 0 Å². The fraction of sp³-hybridized carbons (Fsp3) is 0.900. The Morgan fingerprint density at radius 1 is 1.12 bits per heavy atom. The van der Waals surface area contributed by atoms with Gasteiger partial charge in [-0.25, -0.2) is 4.79 Å². The lowest BCUT2D eigenvalue weighted by Gasteiger charge is -2.64. The lowest BCUT2D eigenvalue weighted by molar-refractivity contribution is -0.243. The third kappa shape index (κ3) is 1.86. The minimum Gasteiger partial charge on any atom is -0.459 e. The van der Waals surface area contributed by atoms with Crippen molar-refractivity contribution in [3.8, 4) is 0 Å². The van der Waals surface area contributed by atoms with Crippen LogP contribution in [0.5, 0.6) is 0 Å². The number of hydrogen-bond donors (Lipinski definition) is 1. The number of hydrogen-bond acceptors (Lipinski definition) is 5. The average Bonchev–Trinajstić information content (AvgIpc) is 3.27. The first-order valence-electron chi connectivity index (χ1n) is 10.0. The highest BCUT2D eigenvalue weighted by atomic mass is 16.5. The van der Waals surface area contributed by atoms with Crippen molar-refractivity contribution < 1.29 is 24.2 Å². The van der Waals surface area contributed by atoms with Gasteiger partial charge < -0.3 is 14.6 Å². The molecule has 5 heteroatoms. The van der Waals surface area contributed by atoms with Crippen LogP contribution in [0, 0.1) is 34.5 Å². The molecule has 0 unspecified atom stereocenters. The molecule has 0 aromatic carbocycles. The third-order valence-electron chi connectivity index (χ3n) is 8.56. The summed E-state index contributed by atoms with van der Waals surface area (Å²) in [6.07, 6.45) is 6.51. The van der Waals surface area contributed by atoms with Gasteiger partial charge in [-0.2, -0.15) is 0 Å². The Morgan fingerprint density at radius 3 is 2.64 bits per heavy atom. The van der Waals surface area contributed by atoms with Crippen molar-refractivity contribution in [1.82, 2.24) is 0 Å². The average molecular weight is 348 g/mol. The molecular formula is C20H28O5. The molecule has 5 nitrogen and oxygen atoms in total. The molecule has 0 aromatic rings. The monoisotopic (exact) mass is 348 g/mol. The normalized spacial score (nSPS) is 52.6. The Morgan fingerprint density at radius 2 is 1.88 bits per heavy atom. The van der Waals surface area contributed by atoms with Crippen LogP contribution in [0.3, 0.4) is 0 Å². The molecule has 7 atom stereocenters. The van der Waals surface area contributed by atoms with E-state index >= 15 is 0 Å². The van der Waals surface area contributed by atoms with Crippen molar-refractivity contribution in [1.29, 1.82) is 0 Å². The summed E-state index contributed by atoms with van der Waals surface area (Å²) in [5, 5.41) is 11.4. The van der Waals surface area contributed by atoms with Crippen molar-refractivity contribution in [2.24, 2.45) is 34.5 Å². The molecule has 1 spiro atoms. The van der Waals surface area contributed by atoms with Crippen molar-refractivity contribution in [2.45, 2.75) is 64.1 Å². The Balaban J connectivity index is 1.69. The first-order chi connectivity index (χ1) is 12.0. The second kappa shape index (κ2) is 5.29. The number of aliphatic hydroxyl groups is 1. The molecule has 3 aliphatic carbocycles. The molecular weight excluding hydrogens is 320 g/mol. The van der Waals surface area contributed by atoms with Crippen LogP contribution in [0.2, 0.25) is 0 Å². The highest BCUT2D eigenvalue weighted by Crippen LogP contribution is 2.67. The van der Waals surface area contributed by atoms with Crippen molar-refractivity contribution >= 4 is 11.8 Å². The van der Waals surface area contributed by atoms with E-state index in [2.05, 4.69) is 6.92 Å². The number of esters is 1. The quantitative estimate of drug-likeness (QED) is 0.580.